The molecule has 110 valence electrons. The molecule has 2 rings (SSSR count). The lowest BCUT2D eigenvalue weighted by molar-refractivity contribution is 0.0951. The van der Waals surface area contributed by atoms with Gasteiger partial charge < -0.3 is 10.1 Å². The minimum absolute atomic E-state index is 0.0833. The predicted molar refractivity (Wildman–Crippen MR) is 75.3 cm³/mol. The van der Waals surface area contributed by atoms with Gasteiger partial charge in [-0.25, -0.2) is 8.42 Å². The van der Waals surface area contributed by atoms with Crippen LogP contribution < -0.4 is 5.32 Å². The molecule has 1 aliphatic carbocycles. The fourth-order valence-electron chi connectivity index (χ4n) is 1.86. The molecule has 7 heteroatoms. The smallest absolute Gasteiger partial charge is 0.261 e. The zero-order valence-corrected chi connectivity index (χ0v) is 12.6. The molecule has 0 heterocycles. The van der Waals surface area contributed by atoms with Crippen molar-refractivity contribution in [3.8, 4) is 0 Å². The normalized spacial score (nSPS) is 15.1. The van der Waals surface area contributed by atoms with Crippen LogP contribution in [0.1, 0.15) is 28.8 Å². The maximum absolute atomic E-state index is 11.9. The number of halogens is 1. The fraction of sp³-hybridized carbons (Fsp3) is 0.462. The SMILES string of the molecule is COCc1ccc(C(=O)NCC2CC2)cc1S(=O)(=O)Cl. The van der Waals surface area contributed by atoms with Gasteiger partial charge in [0.1, 0.15) is 0 Å². The maximum Gasteiger partial charge on any atom is 0.261 e. The number of carbonyl (C=O) groups is 1. The van der Waals surface area contributed by atoms with Crippen LogP contribution in [0.4, 0.5) is 0 Å². The zero-order chi connectivity index (χ0) is 14.8. The van der Waals surface area contributed by atoms with Crippen molar-refractivity contribution < 1.29 is 17.9 Å². The molecule has 0 radical (unpaired) electrons. The number of hydrogen-bond acceptors (Lipinski definition) is 4. The summed E-state index contributed by atoms with van der Waals surface area (Å²) in [6.07, 6.45) is 2.27. The van der Waals surface area contributed by atoms with Crippen LogP contribution in [0.25, 0.3) is 0 Å². The lowest BCUT2D eigenvalue weighted by Crippen LogP contribution is -2.25. The first-order valence-corrected chi connectivity index (χ1v) is 8.57. The Morgan fingerprint density at radius 2 is 2.15 bits per heavy atom. The first-order valence-electron chi connectivity index (χ1n) is 6.26. The fourth-order valence-corrected chi connectivity index (χ4v) is 3.00. The predicted octanol–water partition coefficient (Wildman–Crippen LogP) is 1.90. The third kappa shape index (κ3) is 3.94. The average Bonchev–Trinajstić information content (AvgIpc) is 3.19. The van der Waals surface area contributed by atoms with Gasteiger partial charge in [-0.15, -0.1) is 0 Å². The van der Waals surface area contributed by atoms with E-state index in [1.165, 1.54) is 13.2 Å². The number of benzene rings is 1. The van der Waals surface area contributed by atoms with Crippen molar-refractivity contribution in [2.45, 2.75) is 24.3 Å². The lowest BCUT2D eigenvalue weighted by Gasteiger charge is -2.09. The summed E-state index contributed by atoms with van der Waals surface area (Å²) >= 11 is 0. The molecule has 1 aliphatic rings. The van der Waals surface area contributed by atoms with Gasteiger partial charge in [0.05, 0.1) is 11.5 Å². The van der Waals surface area contributed by atoms with Crippen molar-refractivity contribution >= 4 is 25.6 Å². The molecule has 1 aromatic carbocycles. The van der Waals surface area contributed by atoms with Crippen LogP contribution >= 0.6 is 10.7 Å². The first kappa shape index (κ1) is 15.3. The molecule has 1 amide bonds. The topological polar surface area (TPSA) is 72.5 Å². The number of methoxy groups -OCH3 is 1. The summed E-state index contributed by atoms with van der Waals surface area (Å²) in [5, 5.41) is 2.78. The summed E-state index contributed by atoms with van der Waals surface area (Å²) in [6, 6.07) is 4.41. The van der Waals surface area contributed by atoms with Crippen LogP contribution in [0.3, 0.4) is 0 Å². The summed E-state index contributed by atoms with van der Waals surface area (Å²) in [4.78, 5) is 11.9. The van der Waals surface area contributed by atoms with Crippen molar-refractivity contribution in [3.05, 3.63) is 29.3 Å². The van der Waals surface area contributed by atoms with E-state index < -0.39 is 9.05 Å². The van der Waals surface area contributed by atoms with E-state index >= 15 is 0 Å². The standard InChI is InChI=1S/C13H16ClNO4S/c1-19-8-11-5-4-10(6-12(11)20(14,17)18)13(16)15-7-9-2-3-9/h4-6,9H,2-3,7-8H2,1H3,(H,15,16). The number of ether oxygens (including phenoxy) is 1. The highest BCUT2D eigenvalue weighted by atomic mass is 35.7. The molecule has 1 saturated carbocycles. The Bertz CT molecular complexity index is 611. The number of nitrogens with one attached hydrogen (secondary N) is 1. The number of rotatable bonds is 6. The Labute approximate surface area is 122 Å². The highest BCUT2D eigenvalue weighted by Crippen LogP contribution is 2.28. The molecule has 0 saturated heterocycles. The average molecular weight is 318 g/mol. The van der Waals surface area contributed by atoms with Gasteiger partial charge in [0.25, 0.3) is 15.0 Å². The van der Waals surface area contributed by atoms with Gasteiger partial charge in [-0.3, -0.25) is 4.79 Å². The van der Waals surface area contributed by atoms with Crippen LogP contribution in [0.5, 0.6) is 0 Å². The Balaban J connectivity index is 2.23. The van der Waals surface area contributed by atoms with Crippen molar-refractivity contribution in [1.82, 2.24) is 5.32 Å². The van der Waals surface area contributed by atoms with Gasteiger partial charge in [0.15, 0.2) is 0 Å². The summed E-state index contributed by atoms with van der Waals surface area (Å²) in [5.74, 6) is 0.269. The number of hydrogen-bond donors (Lipinski definition) is 1. The molecule has 0 aliphatic heterocycles. The van der Waals surface area contributed by atoms with E-state index in [0.29, 0.717) is 18.0 Å². The Morgan fingerprint density at radius 1 is 1.45 bits per heavy atom. The van der Waals surface area contributed by atoms with Crippen molar-refractivity contribution in [2.24, 2.45) is 5.92 Å². The van der Waals surface area contributed by atoms with Crippen molar-refractivity contribution in [1.29, 1.82) is 0 Å². The quantitative estimate of drug-likeness (QED) is 0.813. The van der Waals surface area contributed by atoms with Crippen LogP contribution in [0.15, 0.2) is 23.1 Å². The molecular formula is C13H16ClNO4S. The molecule has 0 atom stereocenters. The molecule has 1 N–H and O–H groups in total. The van der Waals surface area contributed by atoms with Crippen LogP contribution in [-0.4, -0.2) is 28.0 Å². The second-order valence-electron chi connectivity index (χ2n) is 4.85. The van der Waals surface area contributed by atoms with E-state index in [1.807, 2.05) is 0 Å². The molecule has 20 heavy (non-hydrogen) atoms. The third-order valence-electron chi connectivity index (χ3n) is 3.14. The zero-order valence-electron chi connectivity index (χ0n) is 11.1. The largest absolute Gasteiger partial charge is 0.380 e. The minimum Gasteiger partial charge on any atom is -0.380 e. The van der Waals surface area contributed by atoms with Crippen LogP contribution in [0.2, 0.25) is 0 Å². The minimum atomic E-state index is -3.92. The van der Waals surface area contributed by atoms with Gasteiger partial charge in [0.2, 0.25) is 0 Å². The number of carbonyl (C=O) groups excluding carboxylic acids is 1. The molecule has 0 spiro atoms. The molecule has 1 fully saturated rings. The van der Waals surface area contributed by atoms with Crippen molar-refractivity contribution in [3.63, 3.8) is 0 Å². The van der Waals surface area contributed by atoms with E-state index in [-0.39, 0.29) is 23.0 Å². The van der Waals surface area contributed by atoms with E-state index in [1.54, 1.807) is 12.1 Å². The molecular weight excluding hydrogens is 302 g/mol. The second-order valence-corrected chi connectivity index (χ2v) is 7.38. The Morgan fingerprint density at radius 3 is 2.70 bits per heavy atom. The molecule has 0 aromatic heterocycles. The molecule has 5 nitrogen and oxygen atoms in total. The van der Waals surface area contributed by atoms with Crippen LogP contribution in [0, 0.1) is 5.92 Å². The van der Waals surface area contributed by atoms with Crippen molar-refractivity contribution in [2.75, 3.05) is 13.7 Å². The third-order valence-corrected chi connectivity index (χ3v) is 4.54. The van der Waals surface area contributed by atoms with E-state index in [9.17, 15) is 13.2 Å². The number of amides is 1. The lowest BCUT2D eigenvalue weighted by atomic mass is 10.1. The summed E-state index contributed by atoms with van der Waals surface area (Å²) in [7, 11) is 2.94. The van der Waals surface area contributed by atoms with Gasteiger partial charge in [-0.1, -0.05) is 6.07 Å². The van der Waals surface area contributed by atoms with Crippen LogP contribution in [-0.2, 0) is 20.4 Å². The Hall–Kier alpha value is -1.11. The molecule has 0 bridgehead atoms. The summed E-state index contributed by atoms with van der Waals surface area (Å²) in [6.45, 7) is 0.743. The maximum atomic E-state index is 11.9. The highest BCUT2D eigenvalue weighted by molar-refractivity contribution is 8.13. The second kappa shape index (κ2) is 6.11. The monoisotopic (exact) mass is 317 g/mol. The van der Waals surface area contributed by atoms with Gasteiger partial charge in [-0.05, 0) is 36.5 Å². The van der Waals surface area contributed by atoms with E-state index in [2.05, 4.69) is 5.32 Å². The van der Waals surface area contributed by atoms with E-state index in [4.69, 9.17) is 15.4 Å². The molecule has 1 aromatic rings. The summed E-state index contributed by atoms with van der Waals surface area (Å²) in [5.41, 5.74) is 0.714. The summed E-state index contributed by atoms with van der Waals surface area (Å²) < 4.78 is 28.0. The first-order chi connectivity index (χ1) is 9.41. The van der Waals surface area contributed by atoms with Gasteiger partial charge in [-0.2, -0.15) is 0 Å². The Kier molecular flexibility index (Phi) is 4.67. The van der Waals surface area contributed by atoms with Gasteiger partial charge >= 0.3 is 0 Å². The van der Waals surface area contributed by atoms with E-state index in [0.717, 1.165) is 12.8 Å². The van der Waals surface area contributed by atoms with Gasteiger partial charge in [0, 0.05) is 29.9 Å². The molecule has 0 unspecified atom stereocenters. The highest BCUT2D eigenvalue weighted by Gasteiger charge is 2.23.